The first-order valence-electron chi connectivity index (χ1n) is 10.00. The molecule has 32 heavy (non-hydrogen) atoms. The van der Waals surface area contributed by atoms with Gasteiger partial charge in [0.05, 0.1) is 36.6 Å². The fourth-order valence-corrected chi connectivity index (χ4v) is 3.66. The lowest BCUT2D eigenvalue weighted by Crippen LogP contribution is -2.49. The molecule has 0 bridgehead atoms. The van der Waals surface area contributed by atoms with E-state index in [0.29, 0.717) is 12.2 Å². The van der Waals surface area contributed by atoms with Gasteiger partial charge in [-0.2, -0.15) is 5.26 Å². The molecule has 0 spiro atoms. The molecule has 1 aliphatic rings. The van der Waals surface area contributed by atoms with Crippen LogP contribution in [0, 0.1) is 17.1 Å². The van der Waals surface area contributed by atoms with E-state index in [9.17, 15) is 28.0 Å². The van der Waals surface area contributed by atoms with E-state index in [4.69, 9.17) is 0 Å². The number of halogens is 3. The van der Waals surface area contributed by atoms with Gasteiger partial charge in [0.25, 0.3) is 11.8 Å². The molecule has 1 atom stereocenters. The smallest absolute Gasteiger partial charge is 0.268 e. The molecule has 2 aromatic rings. The summed E-state index contributed by atoms with van der Waals surface area (Å²) >= 11 is 0. The Morgan fingerprint density at radius 1 is 1.25 bits per heavy atom. The van der Waals surface area contributed by atoms with Crippen molar-refractivity contribution in [3.63, 3.8) is 0 Å². The maximum absolute atomic E-state index is 13.9. The fourth-order valence-electron chi connectivity index (χ4n) is 3.66. The average molecular weight is 445 g/mol. The van der Waals surface area contributed by atoms with Crippen molar-refractivity contribution in [2.75, 3.05) is 18.4 Å². The highest BCUT2D eigenvalue weighted by atomic mass is 19.3. The topological polar surface area (TPSA) is 98.1 Å². The van der Waals surface area contributed by atoms with Gasteiger partial charge in [-0.05, 0) is 30.2 Å². The third kappa shape index (κ3) is 4.99. The SMILES string of the molecule is CC[C@@]1(C#N)CC(F)(F)CN1C(=O)CNC(=O)c1ccncc1NCc1ccc(F)cc1. The van der Waals surface area contributed by atoms with Crippen molar-refractivity contribution < 1.29 is 22.8 Å². The maximum atomic E-state index is 13.9. The Bertz CT molecular complexity index is 1040. The first-order chi connectivity index (χ1) is 15.2. The van der Waals surface area contributed by atoms with Crippen LogP contribution in [0.1, 0.15) is 35.7 Å². The number of anilines is 1. The molecule has 1 fully saturated rings. The summed E-state index contributed by atoms with van der Waals surface area (Å²) < 4.78 is 40.9. The zero-order valence-electron chi connectivity index (χ0n) is 17.4. The monoisotopic (exact) mass is 445 g/mol. The number of carbonyl (C=O) groups is 2. The molecule has 7 nitrogen and oxygen atoms in total. The number of carbonyl (C=O) groups excluding carboxylic acids is 2. The van der Waals surface area contributed by atoms with Crippen LogP contribution < -0.4 is 10.6 Å². The molecule has 1 aromatic carbocycles. The van der Waals surface area contributed by atoms with Crippen molar-refractivity contribution in [3.05, 3.63) is 59.7 Å². The van der Waals surface area contributed by atoms with Crippen LogP contribution >= 0.6 is 0 Å². The van der Waals surface area contributed by atoms with Crippen LogP contribution in [0.3, 0.4) is 0 Å². The van der Waals surface area contributed by atoms with Crippen LogP contribution in [-0.4, -0.2) is 46.2 Å². The molecule has 0 saturated carbocycles. The average Bonchev–Trinajstić information content (AvgIpc) is 3.08. The third-order valence-electron chi connectivity index (χ3n) is 5.41. The lowest BCUT2D eigenvalue weighted by molar-refractivity contribution is -0.133. The molecular formula is C22H22F3N5O2. The quantitative estimate of drug-likeness (QED) is 0.683. The number of pyridine rings is 1. The van der Waals surface area contributed by atoms with Crippen molar-refractivity contribution in [2.24, 2.45) is 0 Å². The Morgan fingerprint density at radius 3 is 2.62 bits per heavy atom. The second-order valence-corrected chi connectivity index (χ2v) is 7.59. The Balaban J connectivity index is 1.65. The third-order valence-corrected chi connectivity index (χ3v) is 5.41. The van der Waals surface area contributed by atoms with E-state index in [1.54, 1.807) is 19.1 Å². The number of alkyl halides is 2. The van der Waals surface area contributed by atoms with Crippen molar-refractivity contribution in [1.82, 2.24) is 15.2 Å². The van der Waals surface area contributed by atoms with Crippen LogP contribution in [0.2, 0.25) is 0 Å². The summed E-state index contributed by atoms with van der Waals surface area (Å²) in [5, 5.41) is 14.9. The number of hydrogen-bond donors (Lipinski definition) is 2. The Kier molecular flexibility index (Phi) is 6.67. The van der Waals surface area contributed by atoms with Crippen LogP contribution in [-0.2, 0) is 11.3 Å². The van der Waals surface area contributed by atoms with E-state index in [1.165, 1.54) is 30.6 Å². The highest BCUT2D eigenvalue weighted by Gasteiger charge is 2.56. The van der Waals surface area contributed by atoms with Crippen molar-refractivity contribution in [1.29, 1.82) is 5.26 Å². The first-order valence-corrected chi connectivity index (χ1v) is 10.00. The van der Waals surface area contributed by atoms with E-state index < -0.39 is 42.8 Å². The maximum Gasteiger partial charge on any atom is 0.268 e. The first kappa shape index (κ1) is 23.1. The Morgan fingerprint density at radius 2 is 1.97 bits per heavy atom. The van der Waals surface area contributed by atoms with Crippen molar-refractivity contribution >= 4 is 17.5 Å². The highest BCUT2D eigenvalue weighted by Crippen LogP contribution is 2.41. The standard InChI is InChI=1S/C22H22F3N5O2/c1-2-21(13-26)12-22(24,25)14-30(21)19(31)11-29-20(32)17-7-8-27-10-18(17)28-9-15-3-5-16(23)6-4-15/h3-8,10,28H,2,9,11-12,14H2,1H3,(H,29,32)/t21-/m0/s1. The van der Waals surface area contributed by atoms with Crippen LogP contribution in [0.4, 0.5) is 18.9 Å². The molecule has 1 aliphatic heterocycles. The van der Waals surface area contributed by atoms with Gasteiger partial charge in [0.1, 0.15) is 11.4 Å². The molecule has 10 heteroatoms. The van der Waals surface area contributed by atoms with E-state index in [0.717, 1.165) is 10.5 Å². The zero-order valence-corrected chi connectivity index (χ0v) is 17.4. The number of hydrogen-bond acceptors (Lipinski definition) is 5. The van der Waals surface area contributed by atoms with Gasteiger partial charge in [0.2, 0.25) is 5.91 Å². The van der Waals surface area contributed by atoms with Crippen LogP contribution in [0.25, 0.3) is 0 Å². The number of nitriles is 1. The van der Waals surface area contributed by atoms with E-state index in [2.05, 4.69) is 15.6 Å². The number of rotatable bonds is 7. The molecule has 0 unspecified atom stereocenters. The normalized spacial score (nSPS) is 19.3. The number of nitrogens with zero attached hydrogens (tertiary/aromatic N) is 3. The number of nitrogens with one attached hydrogen (secondary N) is 2. The minimum absolute atomic E-state index is 0.0561. The van der Waals surface area contributed by atoms with Gasteiger partial charge in [-0.25, -0.2) is 13.2 Å². The molecule has 0 radical (unpaired) electrons. The summed E-state index contributed by atoms with van der Waals surface area (Å²) in [4.78, 5) is 30.1. The summed E-state index contributed by atoms with van der Waals surface area (Å²) in [5.41, 5.74) is -0.235. The molecule has 168 valence electrons. The van der Waals surface area contributed by atoms with Crippen molar-refractivity contribution in [2.45, 2.75) is 37.8 Å². The molecule has 1 saturated heterocycles. The van der Waals surface area contributed by atoms with Gasteiger partial charge >= 0.3 is 0 Å². The lowest BCUT2D eigenvalue weighted by Gasteiger charge is -2.30. The minimum Gasteiger partial charge on any atom is -0.379 e. The Hall–Kier alpha value is -3.61. The van der Waals surface area contributed by atoms with Gasteiger partial charge in [0.15, 0.2) is 0 Å². The van der Waals surface area contributed by atoms with E-state index in [1.807, 2.05) is 6.07 Å². The fraction of sp³-hybridized carbons (Fsp3) is 0.364. The Labute approximate surface area is 183 Å². The lowest BCUT2D eigenvalue weighted by atomic mass is 9.94. The largest absolute Gasteiger partial charge is 0.379 e. The van der Waals surface area contributed by atoms with E-state index >= 15 is 0 Å². The molecule has 3 rings (SSSR count). The van der Waals surface area contributed by atoms with Gasteiger partial charge in [0, 0.05) is 19.2 Å². The van der Waals surface area contributed by atoms with Gasteiger partial charge in [-0.1, -0.05) is 19.1 Å². The van der Waals surface area contributed by atoms with Crippen molar-refractivity contribution in [3.8, 4) is 6.07 Å². The predicted molar refractivity (Wildman–Crippen MR) is 110 cm³/mol. The second kappa shape index (κ2) is 9.26. The summed E-state index contributed by atoms with van der Waals surface area (Å²) in [7, 11) is 0. The molecule has 2 N–H and O–H groups in total. The molecule has 2 heterocycles. The molecule has 2 amide bonds. The van der Waals surface area contributed by atoms with Gasteiger partial charge < -0.3 is 15.5 Å². The minimum atomic E-state index is -3.16. The summed E-state index contributed by atoms with van der Waals surface area (Å²) in [6.45, 7) is 0.482. The predicted octanol–water partition coefficient (Wildman–Crippen LogP) is 3.10. The summed E-state index contributed by atoms with van der Waals surface area (Å²) in [6, 6.07) is 9.12. The molecule has 0 aliphatic carbocycles. The number of amides is 2. The van der Waals surface area contributed by atoms with Gasteiger partial charge in [-0.15, -0.1) is 0 Å². The number of likely N-dealkylation sites (tertiary alicyclic amines) is 1. The summed E-state index contributed by atoms with van der Waals surface area (Å²) in [6.07, 6.45) is 2.16. The highest BCUT2D eigenvalue weighted by molar-refractivity contribution is 6.01. The molecule has 1 aromatic heterocycles. The van der Waals surface area contributed by atoms with E-state index in [-0.39, 0.29) is 17.8 Å². The number of benzene rings is 1. The zero-order chi connectivity index (χ0) is 23.4. The second-order valence-electron chi connectivity index (χ2n) is 7.59. The van der Waals surface area contributed by atoms with Crippen LogP contribution in [0.15, 0.2) is 42.7 Å². The number of aromatic nitrogens is 1. The molecular weight excluding hydrogens is 423 g/mol. The van der Waals surface area contributed by atoms with Gasteiger partial charge in [-0.3, -0.25) is 14.6 Å². The summed E-state index contributed by atoms with van der Waals surface area (Å²) in [5.74, 6) is -4.88. The van der Waals surface area contributed by atoms with Crippen LogP contribution in [0.5, 0.6) is 0 Å².